The number of rotatable bonds is 4. The third-order valence-electron chi connectivity index (χ3n) is 6.06. The van der Waals surface area contributed by atoms with Crippen LogP contribution in [-0.4, -0.2) is 20.0 Å². The number of ketones is 1. The minimum absolute atomic E-state index is 0.0761. The van der Waals surface area contributed by atoms with E-state index in [9.17, 15) is 4.79 Å². The fourth-order valence-electron chi connectivity index (χ4n) is 4.62. The highest BCUT2D eigenvalue weighted by Crippen LogP contribution is 2.52. The molecule has 1 aromatic carbocycles. The quantitative estimate of drug-likeness (QED) is 0.536. The number of carbonyl (C=O) groups excluding carboxylic acids is 1. The van der Waals surface area contributed by atoms with Crippen molar-refractivity contribution in [2.45, 2.75) is 31.6 Å². The Bertz CT molecular complexity index is 1140. The first-order chi connectivity index (χ1) is 14.6. The van der Waals surface area contributed by atoms with Crippen LogP contribution in [0.3, 0.4) is 0 Å². The third kappa shape index (κ3) is 3.06. The van der Waals surface area contributed by atoms with Crippen molar-refractivity contribution in [3.05, 3.63) is 73.2 Å². The van der Waals surface area contributed by atoms with Gasteiger partial charge >= 0.3 is 0 Å². The van der Waals surface area contributed by atoms with E-state index >= 15 is 0 Å². The van der Waals surface area contributed by atoms with E-state index in [1.165, 1.54) is 15.3 Å². The van der Waals surface area contributed by atoms with Gasteiger partial charge in [-0.3, -0.25) is 4.79 Å². The predicted octanol–water partition coefficient (Wildman–Crippen LogP) is 6.09. The van der Waals surface area contributed by atoms with Gasteiger partial charge in [-0.05, 0) is 53.4 Å². The van der Waals surface area contributed by atoms with Crippen LogP contribution in [-0.2, 0) is 4.79 Å². The van der Waals surface area contributed by atoms with Gasteiger partial charge in [-0.15, -0.1) is 22.7 Å². The number of hydrogen-bond donors (Lipinski definition) is 1. The van der Waals surface area contributed by atoms with E-state index in [0.29, 0.717) is 17.9 Å². The molecule has 0 saturated carbocycles. The summed E-state index contributed by atoms with van der Waals surface area (Å²) >= 11 is 3.45. The van der Waals surface area contributed by atoms with Gasteiger partial charge < -0.3 is 14.8 Å². The molecule has 154 valence electrons. The summed E-state index contributed by atoms with van der Waals surface area (Å²) in [5.41, 5.74) is 5.23. The van der Waals surface area contributed by atoms with Crippen LogP contribution in [0.25, 0.3) is 0 Å². The van der Waals surface area contributed by atoms with Crippen LogP contribution in [0.1, 0.15) is 45.6 Å². The van der Waals surface area contributed by atoms with Crippen molar-refractivity contribution >= 4 is 34.1 Å². The maximum Gasteiger partial charge on any atom is 0.162 e. The van der Waals surface area contributed by atoms with E-state index in [0.717, 1.165) is 28.9 Å². The number of thiophene rings is 2. The highest BCUT2D eigenvalue weighted by atomic mass is 32.1. The van der Waals surface area contributed by atoms with E-state index in [1.807, 2.05) is 12.1 Å². The summed E-state index contributed by atoms with van der Waals surface area (Å²) in [6, 6.07) is 10.3. The molecule has 5 rings (SSSR count). The van der Waals surface area contributed by atoms with E-state index in [1.54, 1.807) is 36.9 Å². The minimum Gasteiger partial charge on any atom is -0.493 e. The zero-order chi connectivity index (χ0) is 20.8. The molecule has 0 amide bonds. The van der Waals surface area contributed by atoms with Gasteiger partial charge in [0, 0.05) is 45.1 Å². The molecule has 6 heteroatoms. The van der Waals surface area contributed by atoms with Crippen molar-refractivity contribution in [1.82, 2.24) is 0 Å². The number of hydrogen-bond acceptors (Lipinski definition) is 6. The molecule has 1 N–H and O–H groups in total. The van der Waals surface area contributed by atoms with E-state index < -0.39 is 0 Å². The summed E-state index contributed by atoms with van der Waals surface area (Å²) in [5.74, 6) is 1.76. The second-order valence-electron chi connectivity index (χ2n) is 7.76. The first kappa shape index (κ1) is 19.4. The van der Waals surface area contributed by atoms with Crippen molar-refractivity contribution in [1.29, 1.82) is 0 Å². The van der Waals surface area contributed by atoms with Gasteiger partial charge in [0.2, 0.25) is 0 Å². The molecule has 2 aliphatic rings. The second kappa shape index (κ2) is 7.60. The molecule has 0 spiro atoms. The van der Waals surface area contributed by atoms with Gasteiger partial charge in [0.1, 0.15) is 0 Å². The first-order valence-electron chi connectivity index (χ1n) is 9.97. The zero-order valence-corrected chi connectivity index (χ0v) is 18.8. The Hall–Kier alpha value is -2.57. The maximum absolute atomic E-state index is 13.5. The number of benzene rings is 1. The molecule has 2 aromatic heterocycles. The SMILES string of the molecule is COc1cc2c(cc1OC)C(c1sccc1C)C1=C(CC(c3cccs3)CC1=O)N2. The Morgan fingerprint density at radius 1 is 1.03 bits per heavy atom. The molecule has 2 atom stereocenters. The molecule has 0 radical (unpaired) electrons. The first-order valence-corrected chi connectivity index (χ1v) is 11.7. The van der Waals surface area contributed by atoms with Crippen LogP contribution < -0.4 is 14.8 Å². The van der Waals surface area contributed by atoms with Gasteiger partial charge in [-0.25, -0.2) is 0 Å². The summed E-state index contributed by atoms with van der Waals surface area (Å²) in [6.45, 7) is 2.12. The zero-order valence-electron chi connectivity index (χ0n) is 17.2. The second-order valence-corrected chi connectivity index (χ2v) is 9.68. The fourth-order valence-corrected chi connectivity index (χ4v) is 6.51. The van der Waals surface area contributed by atoms with Crippen molar-refractivity contribution in [3.8, 4) is 11.5 Å². The van der Waals surface area contributed by atoms with E-state index in [2.05, 4.69) is 41.2 Å². The van der Waals surface area contributed by atoms with Crippen molar-refractivity contribution < 1.29 is 14.3 Å². The smallest absolute Gasteiger partial charge is 0.162 e. The summed E-state index contributed by atoms with van der Waals surface area (Å²) < 4.78 is 11.1. The van der Waals surface area contributed by atoms with Crippen LogP contribution in [0.2, 0.25) is 0 Å². The molecule has 30 heavy (non-hydrogen) atoms. The Morgan fingerprint density at radius 2 is 1.83 bits per heavy atom. The van der Waals surface area contributed by atoms with Gasteiger partial charge in [0.15, 0.2) is 17.3 Å². The summed E-state index contributed by atoms with van der Waals surface area (Å²) in [6.07, 6.45) is 1.40. The fraction of sp³-hybridized carbons (Fsp3) is 0.292. The summed E-state index contributed by atoms with van der Waals surface area (Å²) in [5, 5.41) is 7.78. The number of ether oxygens (including phenoxy) is 2. The molecule has 0 bridgehead atoms. The maximum atomic E-state index is 13.5. The number of allylic oxidation sites excluding steroid dienone is 2. The number of Topliss-reactive ketones (excluding diaryl/α,β-unsaturated/α-hetero) is 1. The van der Waals surface area contributed by atoms with Crippen LogP contribution >= 0.6 is 22.7 Å². The van der Waals surface area contributed by atoms with Crippen LogP contribution in [0, 0.1) is 6.92 Å². The lowest BCUT2D eigenvalue weighted by atomic mass is 9.74. The lowest BCUT2D eigenvalue weighted by Crippen LogP contribution is -2.29. The van der Waals surface area contributed by atoms with Gasteiger partial charge in [0.05, 0.1) is 20.1 Å². The van der Waals surface area contributed by atoms with Crippen LogP contribution in [0.15, 0.2) is 52.4 Å². The topological polar surface area (TPSA) is 47.6 Å². The number of methoxy groups -OCH3 is 2. The number of nitrogens with one attached hydrogen (secondary N) is 1. The molecule has 3 heterocycles. The highest BCUT2D eigenvalue weighted by Gasteiger charge is 2.40. The lowest BCUT2D eigenvalue weighted by molar-refractivity contribution is -0.116. The Kier molecular flexibility index (Phi) is 4.91. The van der Waals surface area contributed by atoms with Crippen LogP contribution in [0.4, 0.5) is 5.69 Å². The van der Waals surface area contributed by atoms with Gasteiger partial charge in [-0.1, -0.05) is 6.07 Å². The Balaban J connectivity index is 1.68. The molecule has 1 aliphatic carbocycles. The van der Waals surface area contributed by atoms with Crippen LogP contribution in [0.5, 0.6) is 11.5 Å². The standard InChI is InChI=1S/C24H23NO3S2/c1-13-6-8-30-24(13)22-15-11-19(27-2)20(28-3)12-16(15)25-17-9-14(10-18(26)23(17)22)21-5-4-7-29-21/h4-8,11-12,14,22,25H,9-10H2,1-3H3. The number of anilines is 1. The molecular formula is C24H23NO3S2. The Morgan fingerprint density at radius 3 is 2.50 bits per heavy atom. The molecule has 2 unspecified atom stereocenters. The number of carbonyl (C=O) groups is 1. The van der Waals surface area contributed by atoms with Crippen molar-refractivity contribution in [3.63, 3.8) is 0 Å². The normalized spacial score (nSPS) is 20.4. The highest BCUT2D eigenvalue weighted by molar-refractivity contribution is 7.10. The summed E-state index contributed by atoms with van der Waals surface area (Å²) in [4.78, 5) is 16.0. The van der Waals surface area contributed by atoms with Crippen molar-refractivity contribution in [2.75, 3.05) is 19.5 Å². The van der Waals surface area contributed by atoms with Gasteiger partial charge in [0.25, 0.3) is 0 Å². The summed E-state index contributed by atoms with van der Waals surface area (Å²) in [7, 11) is 3.30. The number of fused-ring (bicyclic) bond motifs is 1. The van der Waals surface area contributed by atoms with E-state index in [4.69, 9.17) is 9.47 Å². The lowest BCUT2D eigenvalue weighted by Gasteiger charge is -2.36. The van der Waals surface area contributed by atoms with E-state index in [-0.39, 0.29) is 17.6 Å². The predicted molar refractivity (Wildman–Crippen MR) is 122 cm³/mol. The molecule has 4 nitrogen and oxygen atoms in total. The molecule has 0 saturated heterocycles. The Labute approximate surface area is 184 Å². The monoisotopic (exact) mass is 437 g/mol. The number of aryl methyl sites for hydroxylation is 1. The molecule has 1 aliphatic heterocycles. The van der Waals surface area contributed by atoms with Crippen molar-refractivity contribution in [2.24, 2.45) is 0 Å². The average Bonchev–Trinajstić information content (AvgIpc) is 3.43. The van der Waals surface area contributed by atoms with Gasteiger partial charge in [-0.2, -0.15) is 0 Å². The molecule has 3 aromatic rings. The minimum atomic E-state index is -0.0761. The largest absolute Gasteiger partial charge is 0.493 e. The molecule has 0 fully saturated rings. The molecular weight excluding hydrogens is 414 g/mol. The average molecular weight is 438 g/mol. The third-order valence-corrected chi connectivity index (χ3v) is 8.18.